The molecule has 158 valence electrons. The molecule has 0 saturated heterocycles. The normalized spacial score (nSPS) is 13.0. The van der Waals surface area contributed by atoms with Crippen LogP contribution in [-0.2, 0) is 5.16 Å². The summed E-state index contributed by atoms with van der Waals surface area (Å²) >= 11 is 0. The van der Waals surface area contributed by atoms with Gasteiger partial charge >= 0.3 is 0 Å². The monoisotopic (exact) mass is 416 g/mol. The van der Waals surface area contributed by atoms with Crippen LogP contribution in [-0.4, -0.2) is 6.16 Å². The van der Waals surface area contributed by atoms with E-state index in [1.165, 1.54) is 61.4 Å². The average Bonchev–Trinajstić information content (AvgIpc) is 2.82. The van der Waals surface area contributed by atoms with Crippen molar-refractivity contribution in [1.29, 1.82) is 0 Å². The third-order valence-electron chi connectivity index (χ3n) is 6.34. The maximum Gasteiger partial charge on any atom is 0.0438 e. The van der Waals surface area contributed by atoms with Gasteiger partial charge in [-0.25, -0.2) is 0 Å². The molecule has 0 fully saturated rings. The lowest BCUT2D eigenvalue weighted by molar-refractivity contribution is 0.591. The van der Waals surface area contributed by atoms with Gasteiger partial charge in [-0.1, -0.05) is 137 Å². The highest BCUT2D eigenvalue weighted by Gasteiger charge is 2.39. The fraction of sp³-hybridized carbons (Fsp3) is 0.379. The third-order valence-corrected chi connectivity index (χ3v) is 8.51. The molecule has 0 N–H and O–H groups in total. The lowest BCUT2D eigenvalue weighted by Crippen LogP contribution is -2.29. The number of rotatable bonds is 12. The number of hydrogen-bond acceptors (Lipinski definition) is 0. The first-order valence-corrected chi connectivity index (χ1v) is 12.9. The molecule has 0 aromatic heterocycles. The van der Waals surface area contributed by atoms with E-state index in [1.807, 2.05) is 0 Å². The van der Waals surface area contributed by atoms with E-state index in [1.54, 1.807) is 0 Å². The number of hydrogen-bond donors (Lipinski definition) is 0. The Morgan fingerprint density at radius 1 is 0.633 bits per heavy atom. The van der Waals surface area contributed by atoms with Crippen molar-refractivity contribution < 1.29 is 0 Å². The molecule has 3 rings (SSSR count). The summed E-state index contributed by atoms with van der Waals surface area (Å²) in [6.45, 7) is 4.73. The summed E-state index contributed by atoms with van der Waals surface area (Å²) < 4.78 is 0. The van der Waals surface area contributed by atoms with Gasteiger partial charge in [0.2, 0.25) is 0 Å². The van der Waals surface area contributed by atoms with Crippen LogP contribution in [0.5, 0.6) is 0 Å². The Hall–Kier alpha value is -1.91. The molecule has 0 radical (unpaired) electrons. The topological polar surface area (TPSA) is 0 Å². The minimum atomic E-state index is 0.0211. The summed E-state index contributed by atoms with van der Waals surface area (Å²) in [5.41, 5.74) is 4.34. The van der Waals surface area contributed by atoms with Crippen LogP contribution in [0.3, 0.4) is 0 Å². The first-order valence-electron chi connectivity index (χ1n) is 11.7. The second kappa shape index (κ2) is 12.1. The van der Waals surface area contributed by atoms with Crippen LogP contribution in [0.25, 0.3) is 0 Å². The predicted octanol–water partition coefficient (Wildman–Crippen LogP) is 8.77. The number of unbranched alkanes of at least 4 members (excludes halogenated alkanes) is 5. The Labute approximate surface area is 185 Å². The van der Waals surface area contributed by atoms with Gasteiger partial charge in [-0.2, -0.15) is 0 Å². The molecule has 3 aromatic carbocycles. The minimum Gasteiger partial charge on any atom is -0.106 e. The van der Waals surface area contributed by atoms with Crippen molar-refractivity contribution in [3.05, 3.63) is 108 Å². The Kier molecular flexibility index (Phi) is 9.16. The Morgan fingerprint density at radius 3 is 1.63 bits per heavy atom. The van der Waals surface area contributed by atoms with Gasteiger partial charge in [0, 0.05) is 5.16 Å². The smallest absolute Gasteiger partial charge is 0.0438 e. The zero-order chi connectivity index (χ0) is 21.1. The van der Waals surface area contributed by atoms with Gasteiger partial charge in [-0.05, 0) is 35.2 Å². The first-order chi connectivity index (χ1) is 14.8. The lowest BCUT2D eigenvalue weighted by Gasteiger charge is -2.41. The van der Waals surface area contributed by atoms with Crippen molar-refractivity contribution in [1.82, 2.24) is 0 Å². The molecule has 3 aromatic rings. The summed E-state index contributed by atoms with van der Waals surface area (Å²) in [6, 6.07) is 33.6. The molecule has 2 atom stereocenters. The van der Waals surface area contributed by atoms with Crippen LogP contribution in [0.4, 0.5) is 0 Å². The van der Waals surface area contributed by atoms with Crippen LogP contribution < -0.4 is 0 Å². The molecule has 1 heteroatoms. The lowest BCUT2D eigenvalue weighted by atomic mass is 9.77. The maximum atomic E-state index is 2.43. The summed E-state index contributed by atoms with van der Waals surface area (Å²) in [5, 5.41) is 0.0211. The second-order valence-corrected chi connectivity index (χ2v) is 10.0. The molecular weight excluding hydrogens is 379 g/mol. The van der Waals surface area contributed by atoms with E-state index in [-0.39, 0.29) is 5.16 Å². The van der Waals surface area contributed by atoms with Crippen molar-refractivity contribution in [3.8, 4) is 0 Å². The van der Waals surface area contributed by atoms with Gasteiger partial charge in [0.15, 0.2) is 0 Å². The van der Waals surface area contributed by atoms with E-state index >= 15 is 0 Å². The molecule has 0 heterocycles. The van der Waals surface area contributed by atoms with Gasteiger partial charge in [0.05, 0.1) is 0 Å². The van der Waals surface area contributed by atoms with Crippen molar-refractivity contribution in [3.63, 3.8) is 0 Å². The van der Waals surface area contributed by atoms with Crippen LogP contribution in [0.15, 0.2) is 91.0 Å². The summed E-state index contributed by atoms with van der Waals surface area (Å²) in [4.78, 5) is 0. The molecule has 0 saturated carbocycles. The largest absolute Gasteiger partial charge is 0.106 e. The third kappa shape index (κ3) is 5.61. The molecule has 0 spiro atoms. The van der Waals surface area contributed by atoms with Crippen molar-refractivity contribution in [2.45, 2.75) is 63.4 Å². The molecule has 0 aliphatic carbocycles. The summed E-state index contributed by atoms with van der Waals surface area (Å²) in [7, 11) is 0.867. The molecule has 0 amide bonds. The van der Waals surface area contributed by atoms with Gasteiger partial charge in [-0.3, -0.25) is 0 Å². The molecule has 0 aliphatic heterocycles. The van der Waals surface area contributed by atoms with E-state index in [4.69, 9.17) is 0 Å². The highest BCUT2D eigenvalue weighted by molar-refractivity contribution is 7.40. The van der Waals surface area contributed by atoms with Crippen LogP contribution in [0.2, 0.25) is 0 Å². The second-order valence-electron chi connectivity index (χ2n) is 8.37. The standard InChI is InChI=1S/C29H37P/c1-3-4-5-6-7-17-24-30-29(27-20-13-9-14-21-27,28-22-15-10-16-23-28)25(2)26-18-11-8-12-19-26/h8-16,18-23,25,30H,3-7,17,24H2,1-2H3. The van der Waals surface area contributed by atoms with E-state index in [9.17, 15) is 0 Å². The molecule has 0 bridgehead atoms. The van der Waals surface area contributed by atoms with Gasteiger partial charge in [-0.15, -0.1) is 8.58 Å². The van der Waals surface area contributed by atoms with Crippen LogP contribution in [0, 0.1) is 0 Å². The SMILES string of the molecule is CCCCCCCCPC(c1ccccc1)(c1ccccc1)C(C)c1ccccc1. The summed E-state index contributed by atoms with van der Waals surface area (Å²) in [5.74, 6) is 0.418. The van der Waals surface area contributed by atoms with Crippen LogP contribution in [0.1, 0.15) is 75.0 Å². The Bertz CT molecular complexity index is 787. The minimum absolute atomic E-state index is 0.0211. The van der Waals surface area contributed by atoms with Crippen molar-refractivity contribution in [2.24, 2.45) is 0 Å². The van der Waals surface area contributed by atoms with E-state index in [0.717, 1.165) is 8.58 Å². The van der Waals surface area contributed by atoms with E-state index in [2.05, 4.69) is 105 Å². The molecule has 2 unspecified atom stereocenters. The molecule has 0 nitrogen and oxygen atoms in total. The zero-order valence-electron chi connectivity index (χ0n) is 18.7. The zero-order valence-corrected chi connectivity index (χ0v) is 19.7. The van der Waals surface area contributed by atoms with E-state index in [0.29, 0.717) is 5.92 Å². The molecule has 0 aliphatic rings. The van der Waals surface area contributed by atoms with Gasteiger partial charge < -0.3 is 0 Å². The van der Waals surface area contributed by atoms with Crippen molar-refractivity contribution >= 4 is 8.58 Å². The summed E-state index contributed by atoms with van der Waals surface area (Å²) in [6.07, 6.45) is 9.48. The number of benzene rings is 3. The molecular formula is C29H37P. The van der Waals surface area contributed by atoms with Crippen molar-refractivity contribution in [2.75, 3.05) is 6.16 Å². The quantitative estimate of drug-likeness (QED) is 0.204. The Balaban J connectivity index is 1.93. The maximum absolute atomic E-state index is 2.43. The highest BCUT2D eigenvalue weighted by atomic mass is 31.1. The average molecular weight is 417 g/mol. The van der Waals surface area contributed by atoms with Gasteiger partial charge in [0.25, 0.3) is 0 Å². The van der Waals surface area contributed by atoms with Gasteiger partial charge in [0.1, 0.15) is 0 Å². The Morgan fingerprint density at radius 2 is 1.10 bits per heavy atom. The van der Waals surface area contributed by atoms with Crippen LogP contribution >= 0.6 is 8.58 Å². The first kappa shape index (κ1) is 22.8. The fourth-order valence-electron chi connectivity index (χ4n) is 4.61. The molecule has 30 heavy (non-hydrogen) atoms. The highest BCUT2D eigenvalue weighted by Crippen LogP contribution is 2.56. The predicted molar refractivity (Wildman–Crippen MR) is 135 cm³/mol. The van der Waals surface area contributed by atoms with E-state index < -0.39 is 0 Å². The fourth-order valence-corrected chi connectivity index (χ4v) is 6.64.